The first kappa shape index (κ1) is 76.4. The van der Waals surface area contributed by atoms with E-state index in [-0.39, 0.29) is 0 Å². The smallest absolute Gasteiger partial charge is 0.129 e. The van der Waals surface area contributed by atoms with Gasteiger partial charge in [-0.15, -0.1) is 0 Å². The number of unbranched alkanes of at least 4 members (excludes halogenated alkanes) is 30. The van der Waals surface area contributed by atoms with Crippen LogP contribution in [0.5, 0.6) is 34.5 Å². The fraction of sp³-hybridized carbons (Fsp3) is 0.558. The molecule has 0 aliphatic rings. The van der Waals surface area contributed by atoms with Crippen LogP contribution in [0.2, 0.25) is 0 Å². The molecule has 522 valence electrons. The van der Waals surface area contributed by atoms with E-state index in [9.17, 15) is 0 Å². The zero-order valence-electron chi connectivity index (χ0n) is 60.5. The van der Waals surface area contributed by atoms with Crippen LogP contribution < -0.4 is 28.4 Å². The third kappa shape index (κ3) is 26.8. The van der Waals surface area contributed by atoms with Crippen LogP contribution >= 0.6 is 0 Å². The van der Waals surface area contributed by atoms with E-state index in [0.29, 0.717) is 39.6 Å². The molecule has 7 rings (SSSR count). The summed E-state index contributed by atoms with van der Waals surface area (Å²) in [5, 5.41) is 0. The van der Waals surface area contributed by atoms with Crippen molar-refractivity contribution >= 4 is 0 Å². The van der Waals surface area contributed by atoms with Gasteiger partial charge in [-0.25, -0.2) is 9.97 Å². The Kier molecular flexibility index (Phi) is 37.5. The number of aromatic nitrogens is 4. The topological polar surface area (TPSA) is 107 Å². The minimum atomic E-state index is 0.567. The molecule has 10 heteroatoms. The number of rotatable bonds is 54. The van der Waals surface area contributed by atoms with Crippen LogP contribution in [0.15, 0.2) is 122 Å². The Balaban J connectivity index is 1.35. The summed E-state index contributed by atoms with van der Waals surface area (Å²) in [5.41, 5.74) is 10.2. The molecule has 0 aliphatic carbocycles. The van der Waals surface area contributed by atoms with Gasteiger partial charge in [0.05, 0.1) is 73.8 Å². The number of hydrogen-bond donors (Lipinski definition) is 0. The van der Waals surface area contributed by atoms with Crippen molar-refractivity contribution in [3.8, 4) is 102 Å². The molecule has 0 saturated carbocycles. The van der Waals surface area contributed by atoms with Crippen LogP contribution in [0, 0.1) is 0 Å². The Morgan fingerprint density at radius 3 is 0.594 bits per heavy atom. The standard InChI is InChI=1S/C86H122N4O6/c1-7-13-19-25-31-41-57-91-81-65-71(83(93-59-43-33-27-21-15-9-3)63-69(81)75-49-37-39-55-87-75)77-51-47-53-79(89-77)73-67-86(96-62-46-36-30-24-18-12-6)74(68-85(73)95-61-45-35-29-23-17-11-5)80-54-48-52-78(90-80)72-66-82(92-58-42-32-26-20-14-8-2)70(76-50-38-40-56-88-76)64-84(72)94-60-44-34-28-22-16-10-4/h37-40,47-56,63-68H,7-36,41-46,57-62H2,1-6H3. The van der Waals surface area contributed by atoms with Crippen molar-refractivity contribution in [3.63, 3.8) is 0 Å². The molecule has 0 atom stereocenters. The predicted molar refractivity (Wildman–Crippen MR) is 403 cm³/mol. The average molecular weight is 1310 g/mol. The van der Waals surface area contributed by atoms with Gasteiger partial charge >= 0.3 is 0 Å². The number of hydrogen-bond acceptors (Lipinski definition) is 10. The summed E-state index contributed by atoms with van der Waals surface area (Å²) < 4.78 is 41.6. The van der Waals surface area contributed by atoms with Crippen molar-refractivity contribution in [2.75, 3.05) is 39.6 Å². The van der Waals surface area contributed by atoms with Crippen LogP contribution in [0.1, 0.15) is 273 Å². The first-order chi connectivity index (χ1) is 47.5. The fourth-order valence-corrected chi connectivity index (χ4v) is 12.5. The van der Waals surface area contributed by atoms with Gasteiger partial charge in [-0.05, 0) is 123 Å². The molecule has 0 bridgehead atoms. The maximum absolute atomic E-state index is 7.08. The Labute approximate surface area is 581 Å². The maximum atomic E-state index is 7.08. The van der Waals surface area contributed by atoms with Crippen LogP contribution in [0.4, 0.5) is 0 Å². The Morgan fingerprint density at radius 2 is 0.396 bits per heavy atom. The van der Waals surface area contributed by atoms with Gasteiger partial charge in [0, 0.05) is 45.8 Å². The van der Waals surface area contributed by atoms with Crippen LogP contribution in [-0.2, 0) is 0 Å². The SMILES string of the molecule is CCCCCCCCOc1cc(-c2cccc(-c3cc(OCCCCCCCC)c(-c4cccc(-c5cc(OCCCCCCCC)c(-c6ccccn6)cc5OCCCCCCCC)n4)cc3OCCCCCCCC)n2)c(OCCCCCCCC)cc1-c1ccccn1. The van der Waals surface area contributed by atoms with Gasteiger partial charge in [-0.2, -0.15) is 0 Å². The molecule has 3 aromatic carbocycles. The molecule has 0 N–H and O–H groups in total. The highest BCUT2D eigenvalue weighted by Gasteiger charge is 2.24. The summed E-state index contributed by atoms with van der Waals surface area (Å²) in [7, 11) is 0. The molecular formula is C86H122N4O6. The van der Waals surface area contributed by atoms with Crippen LogP contribution in [0.3, 0.4) is 0 Å². The first-order valence-electron chi connectivity index (χ1n) is 38.6. The van der Waals surface area contributed by atoms with Gasteiger partial charge in [0.2, 0.25) is 0 Å². The van der Waals surface area contributed by atoms with Gasteiger partial charge in [0.15, 0.2) is 0 Å². The van der Waals surface area contributed by atoms with Crippen molar-refractivity contribution in [1.82, 2.24) is 19.9 Å². The lowest BCUT2D eigenvalue weighted by Crippen LogP contribution is -2.05. The lowest BCUT2D eigenvalue weighted by molar-refractivity contribution is 0.298. The number of pyridine rings is 4. The Hall–Kier alpha value is -6.94. The van der Waals surface area contributed by atoms with Crippen molar-refractivity contribution in [2.24, 2.45) is 0 Å². The molecule has 0 amide bonds. The summed E-state index contributed by atoms with van der Waals surface area (Å²) in [6.07, 6.45) is 45.8. The second kappa shape index (κ2) is 47.1. The van der Waals surface area contributed by atoms with Gasteiger partial charge in [-0.1, -0.05) is 258 Å². The lowest BCUT2D eigenvalue weighted by atomic mass is 9.99. The van der Waals surface area contributed by atoms with E-state index in [1.165, 1.54) is 154 Å². The molecule has 0 unspecified atom stereocenters. The van der Waals surface area contributed by atoms with Gasteiger partial charge < -0.3 is 28.4 Å². The van der Waals surface area contributed by atoms with E-state index < -0.39 is 0 Å². The second-order valence-electron chi connectivity index (χ2n) is 26.5. The third-order valence-corrected chi connectivity index (χ3v) is 18.3. The second-order valence-corrected chi connectivity index (χ2v) is 26.5. The zero-order chi connectivity index (χ0) is 67.3. The molecular weight excluding hydrogens is 1180 g/mol. The van der Waals surface area contributed by atoms with Gasteiger partial charge in [0.25, 0.3) is 0 Å². The molecule has 10 nitrogen and oxygen atoms in total. The number of ether oxygens (including phenoxy) is 6. The summed E-state index contributed by atoms with van der Waals surface area (Å²) in [6.45, 7) is 17.2. The van der Waals surface area contributed by atoms with Crippen molar-refractivity contribution < 1.29 is 28.4 Å². The lowest BCUT2D eigenvalue weighted by Gasteiger charge is -2.20. The monoisotopic (exact) mass is 1310 g/mol. The highest BCUT2D eigenvalue weighted by atomic mass is 16.5. The molecule has 4 aromatic heterocycles. The van der Waals surface area contributed by atoms with Crippen LogP contribution in [0.25, 0.3) is 67.5 Å². The van der Waals surface area contributed by atoms with Crippen molar-refractivity contribution in [1.29, 1.82) is 0 Å². The number of benzene rings is 3. The summed E-state index contributed by atoms with van der Waals surface area (Å²) in [4.78, 5) is 20.9. The van der Waals surface area contributed by atoms with E-state index in [4.69, 9.17) is 48.4 Å². The minimum Gasteiger partial charge on any atom is -0.493 e. The molecule has 0 saturated heterocycles. The normalized spacial score (nSPS) is 11.3. The van der Waals surface area contributed by atoms with Crippen molar-refractivity contribution in [3.05, 3.63) is 122 Å². The average Bonchev–Trinajstić information content (AvgIpc) is 0.792. The molecule has 96 heavy (non-hydrogen) atoms. The summed E-state index contributed by atoms with van der Waals surface area (Å²) >= 11 is 0. The van der Waals surface area contributed by atoms with E-state index in [1.807, 2.05) is 36.7 Å². The molecule has 0 aliphatic heterocycles. The van der Waals surface area contributed by atoms with E-state index >= 15 is 0 Å². The predicted octanol–water partition coefficient (Wildman–Crippen LogP) is 25.7. The molecule has 0 fully saturated rings. The highest BCUT2D eigenvalue weighted by Crippen LogP contribution is 2.46. The first-order valence-corrected chi connectivity index (χ1v) is 38.6. The Bertz CT molecular complexity index is 2980. The van der Waals surface area contributed by atoms with E-state index in [1.54, 1.807) is 0 Å². The quantitative estimate of drug-likeness (QED) is 0.0342. The molecule has 0 radical (unpaired) electrons. The molecule has 0 spiro atoms. The Morgan fingerprint density at radius 1 is 0.208 bits per heavy atom. The molecule has 7 aromatic rings. The van der Waals surface area contributed by atoms with Gasteiger partial charge in [0.1, 0.15) is 34.5 Å². The van der Waals surface area contributed by atoms with E-state index in [2.05, 4.69) is 126 Å². The van der Waals surface area contributed by atoms with Gasteiger partial charge in [-0.3, -0.25) is 9.97 Å². The van der Waals surface area contributed by atoms with Crippen molar-refractivity contribution in [2.45, 2.75) is 273 Å². The largest absolute Gasteiger partial charge is 0.493 e. The van der Waals surface area contributed by atoms with E-state index in [0.717, 1.165) is 179 Å². The fourth-order valence-electron chi connectivity index (χ4n) is 12.5. The third-order valence-electron chi connectivity index (χ3n) is 18.3. The summed E-state index contributed by atoms with van der Waals surface area (Å²) in [5.74, 6) is 4.57. The number of nitrogens with zero attached hydrogens (tertiary/aromatic N) is 4. The minimum absolute atomic E-state index is 0.567. The maximum Gasteiger partial charge on any atom is 0.129 e. The zero-order valence-corrected chi connectivity index (χ0v) is 60.5. The van der Waals surface area contributed by atoms with Crippen LogP contribution in [-0.4, -0.2) is 59.6 Å². The molecule has 4 heterocycles. The summed E-state index contributed by atoms with van der Waals surface area (Å²) in [6, 6.07) is 37.7. The highest BCUT2D eigenvalue weighted by molar-refractivity contribution is 5.84.